The Morgan fingerprint density at radius 3 is 2.21 bits per heavy atom. The van der Waals surface area contributed by atoms with Crippen LogP contribution in [0.15, 0.2) is 48.8 Å². The molecule has 19 heavy (non-hydrogen) atoms. The zero-order chi connectivity index (χ0) is 13.8. The molecular formula is C15H15ClN2O. The molecule has 1 aromatic carbocycles. The highest BCUT2D eigenvalue weighted by Crippen LogP contribution is 2.22. The van der Waals surface area contributed by atoms with E-state index in [1.165, 1.54) is 0 Å². The summed E-state index contributed by atoms with van der Waals surface area (Å²) < 4.78 is 0. The minimum atomic E-state index is -0.0419. The van der Waals surface area contributed by atoms with Gasteiger partial charge in [0.05, 0.1) is 0 Å². The predicted octanol–water partition coefficient (Wildman–Crippen LogP) is 3.79. The molecule has 0 fully saturated rings. The Hall–Kier alpha value is -1.87. The lowest BCUT2D eigenvalue weighted by atomic mass is 10.1. The van der Waals surface area contributed by atoms with Crippen molar-refractivity contribution in [3.8, 4) is 0 Å². The van der Waals surface area contributed by atoms with Gasteiger partial charge in [-0.1, -0.05) is 11.6 Å². The molecule has 4 heteroatoms. The molecule has 1 heterocycles. The van der Waals surface area contributed by atoms with Crippen molar-refractivity contribution in [2.75, 3.05) is 4.90 Å². The molecule has 0 saturated heterocycles. The van der Waals surface area contributed by atoms with E-state index in [1.54, 1.807) is 41.6 Å². The van der Waals surface area contributed by atoms with E-state index in [2.05, 4.69) is 4.98 Å². The number of hydrogen-bond donors (Lipinski definition) is 0. The molecule has 0 aliphatic carbocycles. The standard InChI is InChI=1S/C15H15ClN2O/c1-11(2)18(14-5-3-13(16)4-6-14)15(19)12-7-9-17-10-8-12/h3-11H,1-2H3. The summed E-state index contributed by atoms with van der Waals surface area (Å²) in [7, 11) is 0. The normalized spacial score (nSPS) is 10.5. The van der Waals surface area contributed by atoms with Crippen molar-refractivity contribution in [3.63, 3.8) is 0 Å². The lowest BCUT2D eigenvalue weighted by Crippen LogP contribution is -2.37. The zero-order valence-corrected chi connectivity index (χ0v) is 11.6. The van der Waals surface area contributed by atoms with Crippen LogP contribution >= 0.6 is 11.6 Å². The molecule has 98 valence electrons. The fourth-order valence-corrected chi connectivity index (χ4v) is 2.01. The van der Waals surface area contributed by atoms with E-state index in [1.807, 2.05) is 26.0 Å². The topological polar surface area (TPSA) is 33.2 Å². The molecule has 1 amide bonds. The van der Waals surface area contributed by atoms with Gasteiger partial charge in [-0.15, -0.1) is 0 Å². The summed E-state index contributed by atoms with van der Waals surface area (Å²) in [4.78, 5) is 18.2. The maximum atomic E-state index is 12.5. The molecule has 0 spiro atoms. The monoisotopic (exact) mass is 274 g/mol. The summed E-state index contributed by atoms with van der Waals surface area (Å²) in [6.07, 6.45) is 3.24. The second-order valence-corrected chi connectivity index (χ2v) is 4.92. The average molecular weight is 275 g/mol. The Morgan fingerprint density at radius 2 is 1.68 bits per heavy atom. The number of carbonyl (C=O) groups excluding carboxylic acids is 1. The van der Waals surface area contributed by atoms with Crippen LogP contribution in [0.2, 0.25) is 5.02 Å². The van der Waals surface area contributed by atoms with Crippen LogP contribution in [0.3, 0.4) is 0 Å². The van der Waals surface area contributed by atoms with Crippen molar-refractivity contribution in [1.29, 1.82) is 0 Å². The van der Waals surface area contributed by atoms with Crippen LogP contribution in [0, 0.1) is 0 Å². The fourth-order valence-electron chi connectivity index (χ4n) is 1.89. The lowest BCUT2D eigenvalue weighted by molar-refractivity contribution is 0.0980. The minimum absolute atomic E-state index is 0.0419. The summed E-state index contributed by atoms with van der Waals surface area (Å²) in [5.74, 6) is -0.0419. The highest BCUT2D eigenvalue weighted by atomic mass is 35.5. The molecular weight excluding hydrogens is 260 g/mol. The molecule has 0 radical (unpaired) electrons. The maximum absolute atomic E-state index is 12.5. The van der Waals surface area contributed by atoms with Crippen LogP contribution in [-0.4, -0.2) is 16.9 Å². The largest absolute Gasteiger partial charge is 0.306 e. The number of amides is 1. The van der Waals surface area contributed by atoms with E-state index in [4.69, 9.17) is 11.6 Å². The molecule has 3 nitrogen and oxygen atoms in total. The molecule has 0 unspecified atom stereocenters. The first kappa shape index (κ1) is 13.6. The fraction of sp³-hybridized carbons (Fsp3) is 0.200. The molecule has 0 atom stereocenters. The molecule has 0 aliphatic heterocycles. The van der Waals surface area contributed by atoms with Gasteiger partial charge in [0.15, 0.2) is 0 Å². The van der Waals surface area contributed by atoms with E-state index in [0.29, 0.717) is 10.6 Å². The number of hydrogen-bond acceptors (Lipinski definition) is 2. The zero-order valence-electron chi connectivity index (χ0n) is 10.9. The molecule has 0 aliphatic rings. The van der Waals surface area contributed by atoms with Crippen LogP contribution < -0.4 is 4.90 Å². The second-order valence-electron chi connectivity index (χ2n) is 4.48. The molecule has 0 N–H and O–H groups in total. The van der Waals surface area contributed by atoms with Gasteiger partial charge < -0.3 is 4.90 Å². The maximum Gasteiger partial charge on any atom is 0.258 e. The van der Waals surface area contributed by atoms with Crippen LogP contribution in [0.5, 0.6) is 0 Å². The second kappa shape index (κ2) is 5.85. The Labute approximate surface area is 117 Å². The van der Waals surface area contributed by atoms with E-state index in [9.17, 15) is 4.79 Å². The molecule has 2 aromatic rings. The summed E-state index contributed by atoms with van der Waals surface area (Å²) in [5, 5.41) is 0.656. The number of halogens is 1. The minimum Gasteiger partial charge on any atom is -0.306 e. The number of rotatable bonds is 3. The van der Waals surface area contributed by atoms with Gasteiger partial charge in [-0.25, -0.2) is 0 Å². The molecule has 0 bridgehead atoms. The number of anilines is 1. The summed E-state index contributed by atoms with van der Waals surface area (Å²) >= 11 is 5.88. The number of nitrogens with zero attached hydrogens (tertiary/aromatic N) is 2. The quantitative estimate of drug-likeness (QED) is 0.853. The van der Waals surface area contributed by atoms with Crippen molar-refractivity contribution in [2.24, 2.45) is 0 Å². The van der Waals surface area contributed by atoms with Crippen LogP contribution in [-0.2, 0) is 0 Å². The van der Waals surface area contributed by atoms with E-state index >= 15 is 0 Å². The Bertz CT molecular complexity index is 552. The predicted molar refractivity (Wildman–Crippen MR) is 77.6 cm³/mol. The highest BCUT2D eigenvalue weighted by Gasteiger charge is 2.20. The number of aromatic nitrogens is 1. The van der Waals surface area contributed by atoms with Crippen LogP contribution in [0.1, 0.15) is 24.2 Å². The van der Waals surface area contributed by atoms with Gasteiger partial charge in [-0.2, -0.15) is 0 Å². The smallest absolute Gasteiger partial charge is 0.258 e. The molecule has 0 saturated carbocycles. The van der Waals surface area contributed by atoms with Gasteiger partial charge >= 0.3 is 0 Å². The highest BCUT2D eigenvalue weighted by molar-refractivity contribution is 6.30. The third kappa shape index (κ3) is 3.12. The summed E-state index contributed by atoms with van der Waals surface area (Å²) in [6, 6.07) is 10.8. The molecule has 2 rings (SSSR count). The number of carbonyl (C=O) groups is 1. The van der Waals surface area contributed by atoms with Gasteiger partial charge in [-0.05, 0) is 50.2 Å². The third-order valence-electron chi connectivity index (χ3n) is 2.77. The summed E-state index contributed by atoms with van der Waals surface area (Å²) in [6.45, 7) is 3.96. The lowest BCUT2D eigenvalue weighted by Gasteiger charge is -2.27. The SMILES string of the molecule is CC(C)N(C(=O)c1ccncc1)c1ccc(Cl)cc1. The van der Waals surface area contributed by atoms with Crippen molar-refractivity contribution in [2.45, 2.75) is 19.9 Å². The van der Waals surface area contributed by atoms with Crippen molar-refractivity contribution >= 4 is 23.2 Å². The van der Waals surface area contributed by atoms with E-state index in [-0.39, 0.29) is 11.9 Å². The van der Waals surface area contributed by atoms with Crippen molar-refractivity contribution in [3.05, 3.63) is 59.4 Å². The van der Waals surface area contributed by atoms with Crippen molar-refractivity contribution < 1.29 is 4.79 Å². The van der Waals surface area contributed by atoms with E-state index in [0.717, 1.165) is 5.69 Å². The van der Waals surface area contributed by atoms with Gasteiger partial charge in [0, 0.05) is 34.7 Å². The first-order valence-electron chi connectivity index (χ1n) is 6.09. The van der Waals surface area contributed by atoms with E-state index < -0.39 is 0 Å². The van der Waals surface area contributed by atoms with Gasteiger partial charge in [-0.3, -0.25) is 9.78 Å². The summed E-state index contributed by atoms with van der Waals surface area (Å²) in [5.41, 5.74) is 1.46. The average Bonchev–Trinajstić information content (AvgIpc) is 2.42. The number of benzene rings is 1. The Morgan fingerprint density at radius 1 is 1.11 bits per heavy atom. The van der Waals surface area contributed by atoms with Gasteiger partial charge in [0.2, 0.25) is 0 Å². The Balaban J connectivity index is 2.36. The first-order chi connectivity index (χ1) is 9.09. The first-order valence-corrected chi connectivity index (χ1v) is 6.46. The third-order valence-corrected chi connectivity index (χ3v) is 3.02. The van der Waals surface area contributed by atoms with Gasteiger partial charge in [0.25, 0.3) is 5.91 Å². The van der Waals surface area contributed by atoms with Crippen LogP contribution in [0.25, 0.3) is 0 Å². The van der Waals surface area contributed by atoms with Crippen molar-refractivity contribution in [1.82, 2.24) is 4.98 Å². The van der Waals surface area contributed by atoms with Gasteiger partial charge in [0.1, 0.15) is 0 Å². The molecule has 1 aromatic heterocycles. The van der Waals surface area contributed by atoms with Crippen LogP contribution in [0.4, 0.5) is 5.69 Å². The Kier molecular flexibility index (Phi) is 4.17. The number of pyridine rings is 1.